The Balaban J connectivity index is 2.10. The average Bonchev–Trinajstić information content (AvgIpc) is 2.85. The van der Waals surface area contributed by atoms with Gasteiger partial charge in [-0.15, -0.1) is 0 Å². The molecule has 25 heavy (non-hydrogen) atoms. The van der Waals surface area contributed by atoms with Gasteiger partial charge in [0.2, 0.25) is 0 Å². The van der Waals surface area contributed by atoms with Gasteiger partial charge >= 0.3 is 0 Å². The standard InChI is InChI=1S/C15H11ClN4O5/c16-10-5-12(20(24)25)14(9-7-17-2-1-8(9)10)18-11-6-13(22)19(3-4-21)15(11)23/h1-2,5-7,18,21H,3-4H2. The molecule has 0 fully saturated rings. The predicted molar refractivity (Wildman–Crippen MR) is 88.9 cm³/mol. The number of carbonyl (C=O) groups is 2. The lowest BCUT2D eigenvalue weighted by Crippen LogP contribution is -2.34. The van der Waals surface area contributed by atoms with Gasteiger partial charge < -0.3 is 10.4 Å². The van der Waals surface area contributed by atoms with Crippen LogP contribution in [0.4, 0.5) is 11.4 Å². The predicted octanol–water partition coefficient (Wildman–Crippen LogP) is 1.45. The lowest BCUT2D eigenvalue weighted by Gasteiger charge is -2.14. The van der Waals surface area contributed by atoms with Crippen molar-refractivity contribution in [2.75, 3.05) is 18.5 Å². The van der Waals surface area contributed by atoms with Gasteiger partial charge in [0.25, 0.3) is 17.5 Å². The highest BCUT2D eigenvalue weighted by Crippen LogP contribution is 2.38. The van der Waals surface area contributed by atoms with Crippen molar-refractivity contribution in [3.8, 4) is 0 Å². The second kappa shape index (κ2) is 6.46. The van der Waals surface area contributed by atoms with E-state index in [1.807, 2.05) is 0 Å². The molecule has 0 bridgehead atoms. The van der Waals surface area contributed by atoms with Gasteiger partial charge in [0, 0.05) is 35.3 Å². The summed E-state index contributed by atoms with van der Waals surface area (Å²) in [6.45, 7) is -0.545. The molecule has 3 rings (SSSR count). The molecule has 2 heterocycles. The molecule has 1 aliphatic rings. The highest BCUT2D eigenvalue weighted by molar-refractivity contribution is 6.36. The maximum atomic E-state index is 12.2. The Kier molecular flexibility index (Phi) is 4.34. The van der Waals surface area contributed by atoms with Crippen LogP contribution >= 0.6 is 11.6 Å². The molecule has 1 aromatic heterocycles. The van der Waals surface area contributed by atoms with E-state index in [0.29, 0.717) is 10.8 Å². The number of aliphatic hydroxyl groups excluding tert-OH is 1. The van der Waals surface area contributed by atoms with Crippen LogP contribution in [0.25, 0.3) is 10.8 Å². The molecule has 0 aliphatic carbocycles. The summed E-state index contributed by atoms with van der Waals surface area (Å²) in [6, 6.07) is 2.75. The summed E-state index contributed by atoms with van der Waals surface area (Å²) in [5.41, 5.74) is -0.475. The van der Waals surface area contributed by atoms with Crippen LogP contribution in [0.3, 0.4) is 0 Å². The number of nitrogens with one attached hydrogen (secondary N) is 1. The minimum atomic E-state index is -0.680. The van der Waals surface area contributed by atoms with Crippen LogP contribution in [0.15, 0.2) is 36.3 Å². The zero-order valence-electron chi connectivity index (χ0n) is 12.6. The fourth-order valence-electron chi connectivity index (χ4n) is 2.53. The number of amides is 2. The normalized spacial score (nSPS) is 14.2. The molecular formula is C15H11ClN4O5. The molecular weight excluding hydrogens is 352 g/mol. The summed E-state index contributed by atoms with van der Waals surface area (Å²) < 4.78 is 0. The Labute approximate surface area is 145 Å². The molecule has 2 amide bonds. The average molecular weight is 363 g/mol. The molecule has 2 N–H and O–H groups in total. The Morgan fingerprint density at radius 2 is 2.12 bits per heavy atom. The van der Waals surface area contributed by atoms with Crippen molar-refractivity contribution in [3.05, 3.63) is 51.4 Å². The molecule has 0 atom stereocenters. The van der Waals surface area contributed by atoms with Crippen LogP contribution in [0.2, 0.25) is 5.02 Å². The van der Waals surface area contributed by atoms with Crippen molar-refractivity contribution < 1.29 is 19.6 Å². The molecule has 0 saturated carbocycles. The number of pyridine rings is 1. The van der Waals surface area contributed by atoms with Gasteiger partial charge in [-0.3, -0.25) is 29.6 Å². The fraction of sp³-hybridized carbons (Fsp3) is 0.133. The lowest BCUT2D eigenvalue weighted by atomic mass is 10.1. The van der Waals surface area contributed by atoms with E-state index in [0.717, 1.165) is 11.0 Å². The highest BCUT2D eigenvalue weighted by Gasteiger charge is 2.32. The van der Waals surface area contributed by atoms with Crippen molar-refractivity contribution in [2.24, 2.45) is 0 Å². The van der Waals surface area contributed by atoms with Gasteiger partial charge in [-0.05, 0) is 6.07 Å². The molecule has 0 unspecified atom stereocenters. The van der Waals surface area contributed by atoms with Crippen molar-refractivity contribution in [3.63, 3.8) is 0 Å². The smallest absolute Gasteiger partial charge is 0.294 e. The number of halogens is 1. The van der Waals surface area contributed by atoms with Crippen LogP contribution < -0.4 is 5.32 Å². The first-order chi connectivity index (χ1) is 11.9. The molecule has 0 spiro atoms. The highest BCUT2D eigenvalue weighted by atomic mass is 35.5. The molecule has 10 heteroatoms. The van der Waals surface area contributed by atoms with E-state index in [4.69, 9.17) is 16.7 Å². The number of aliphatic hydroxyl groups is 1. The zero-order chi connectivity index (χ0) is 18.1. The number of rotatable bonds is 5. The molecule has 9 nitrogen and oxygen atoms in total. The number of imide groups is 1. The van der Waals surface area contributed by atoms with Gasteiger partial charge in [-0.1, -0.05) is 11.6 Å². The molecule has 128 valence electrons. The first-order valence-corrected chi connectivity index (χ1v) is 7.48. The molecule has 0 saturated heterocycles. The Bertz CT molecular complexity index is 943. The number of carbonyl (C=O) groups excluding carboxylic acids is 2. The number of fused-ring (bicyclic) bond motifs is 1. The van der Waals surface area contributed by atoms with Gasteiger partial charge in [0.05, 0.1) is 23.1 Å². The maximum absolute atomic E-state index is 12.2. The fourth-order valence-corrected chi connectivity index (χ4v) is 2.80. The largest absolute Gasteiger partial charge is 0.395 e. The Morgan fingerprint density at radius 3 is 2.80 bits per heavy atom. The van der Waals surface area contributed by atoms with Crippen LogP contribution in [0.5, 0.6) is 0 Å². The first kappa shape index (κ1) is 16.8. The number of nitro benzene ring substituents is 1. The third-order valence-corrected chi connectivity index (χ3v) is 3.97. The number of hydrogen-bond donors (Lipinski definition) is 2. The minimum Gasteiger partial charge on any atom is -0.395 e. The van der Waals surface area contributed by atoms with E-state index in [1.54, 1.807) is 6.07 Å². The van der Waals surface area contributed by atoms with E-state index in [9.17, 15) is 19.7 Å². The van der Waals surface area contributed by atoms with Crippen LogP contribution in [-0.4, -0.2) is 44.9 Å². The Morgan fingerprint density at radius 1 is 1.36 bits per heavy atom. The molecule has 1 aliphatic heterocycles. The van der Waals surface area contributed by atoms with Gasteiger partial charge in [-0.2, -0.15) is 0 Å². The van der Waals surface area contributed by atoms with E-state index in [2.05, 4.69) is 10.3 Å². The number of anilines is 1. The third-order valence-electron chi connectivity index (χ3n) is 3.66. The maximum Gasteiger partial charge on any atom is 0.294 e. The third kappa shape index (κ3) is 2.90. The SMILES string of the molecule is O=C1C=C(Nc2c([N+](=O)[O-])cc(Cl)c3ccncc23)C(=O)N1CCO. The first-order valence-electron chi connectivity index (χ1n) is 7.10. The van der Waals surface area contributed by atoms with E-state index in [1.165, 1.54) is 18.5 Å². The topological polar surface area (TPSA) is 126 Å². The second-order valence-electron chi connectivity index (χ2n) is 5.13. The number of aromatic nitrogens is 1. The monoisotopic (exact) mass is 362 g/mol. The van der Waals surface area contributed by atoms with E-state index >= 15 is 0 Å². The number of benzene rings is 1. The van der Waals surface area contributed by atoms with Crippen LogP contribution in [0, 0.1) is 10.1 Å². The molecule has 1 aromatic carbocycles. The molecule has 0 radical (unpaired) electrons. The van der Waals surface area contributed by atoms with E-state index < -0.39 is 16.7 Å². The van der Waals surface area contributed by atoms with Gasteiger partial charge in [-0.25, -0.2) is 0 Å². The zero-order valence-corrected chi connectivity index (χ0v) is 13.4. The van der Waals surface area contributed by atoms with Crippen LogP contribution in [-0.2, 0) is 9.59 Å². The van der Waals surface area contributed by atoms with Crippen molar-refractivity contribution in [1.29, 1.82) is 0 Å². The van der Waals surface area contributed by atoms with Gasteiger partial charge in [0.15, 0.2) is 0 Å². The van der Waals surface area contributed by atoms with Crippen molar-refractivity contribution in [1.82, 2.24) is 9.88 Å². The van der Waals surface area contributed by atoms with Crippen molar-refractivity contribution >= 4 is 45.6 Å². The summed E-state index contributed by atoms with van der Waals surface area (Å²) in [5.74, 6) is -1.29. The molecule has 2 aromatic rings. The Hall–Kier alpha value is -3.04. The lowest BCUT2D eigenvalue weighted by molar-refractivity contribution is -0.383. The number of hydrogen-bond acceptors (Lipinski definition) is 7. The summed E-state index contributed by atoms with van der Waals surface area (Å²) in [5, 5.41) is 24.0. The van der Waals surface area contributed by atoms with E-state index in [-0.39, 0.29) is 35.2 Å². The minimum absolute atomic E-state index is 0.00995. The second-order valence-corrected chi connectivity index (χ2v) is 5.54. The number of nitrogens with zero attached hydrogens (tertiary/aromatic N) is 3. The summed E-state index contributed by atoms with van der Waals surface area (Å²) in [6.07, 6.45) is 3.89. The number of nitro groups is 1. The van der Waals surface area contributed by atoms with Gasteiger partial charge in [0.1, 0.15) is 11.4 Å². The summed E-state index contributed by atoms with van der Waals surface area (Å²) in [7, 11) is 0. The quantitative estimate of drug-likeness (QED) is 0.468. The number of β-amino-alcohol motifs (C(OH)–C–C–N with tert-alkyl or cyclic N) is 1. The van der Waals surface area contributed by atoms with Crippen molar-refractivity contribution in [2.45, 2.75) is 0 Å². The summed E-state index contributed by atoms with van der Waals surface area (Å²) in [4.78, 5) is 39.6. The summed E-state index contributed by atoms with van der Waals surface area (Å²) >= 11 is 6.08. The van der Waals surface area contributed by atoms with Crippen LogP contribution in [0.1, 0.15) is 0 Å².